The number of hydrogen-bond donors (Lipinski definition) is 1. The summed E-state index contributed by atoms with van der Waals surface area (Å²) in [7, 11) is 3.06. The second-order valence-corrected chi connectivity index (χ2v) is 7.02. The molecular formula is C18H22FN3O4. The van der Waals surface area contributed by atoms with E-state index in [9.17, 15) is 23.9 Å². The van der Waals surface area contributed by atoms with Gasteiger partial charge in [0.15, 0.2) is 0 Å². The number of benzene rings is 1. The van der Waals surface area contributed by atoms with Crippen LogP contribution in [0.5, 0.6) is 0 Å². The van der Waals surface area contributed by atoms with Gasteiger partial charge in [-0.2, -0.15) is 0 Å². The van der Waals surface area contributed by atoms with Gasteiger partial charge in [0.1, 0.15) is 17.4 Å². The summed E-state index contributed by atoms with van der Waals surface area (Å²) in [6.45, 7) is 2.27. The summed E-state index contributed by atoms with van der Waals surface area (Å²) in [5, 5.41) is 9.68. The number of rotatable bonds is 3. The Morgan fingerprint density at radius 1 is 1.23 bits per heavy atom. The van der Waals surface area contributed by atoms with Crippen molar-refractivity contribution in [3.05, 3.63) is 35.1 Å². The van der Waals surface area contributed by atoms with Gasteiger partial charge in [-0.3, -0.25) is 19.4 Å². The van der Waals surface area contributed by atoms with E-state index >= 15 is 0 Å². The van der Waals surface area contributed by atoms with Crippen molar-refractivity contribution in [3.8, 4) is 0 Å². The van der Waals surface area contributed by atoms with E-state index in [0.29, 0.717) is 37.1 Å². The van der Waals surface area contributed by atoms with Crippen molar-refractivity contribution in [2.24, 2.45) is 0 Å². The standard InChI is InChI=1S/C18H22FN3O4/c1-11-4-5-12(10-13(11)19)14(15(23)24)22-8-6-18(7-9-22)16(25)20(2)17(26)21(18)3/h4-5,10,14H,6-9H2,1-3H3,(H,23,24). The maximum atomic E-state index is 13.9. The maximum absolute atomic E-state index is 13.9. The van der Waals surface area contributed by atoms with Crippen molar-refractivity contribution >= 4 is 17.9 Å². The van der Waals surface area contributed by atoms with Crippen LogP contribution in [0, 0.1) is 12.7 Å². The zero-order valence-corrected chi connectivity index (χ0v) is 15.0. The molecule has 2 aliphatic rings. The lowest BCUT2D eigenvalue weighted by Crippen LogP contribution is -2.56. The van der Waals surface area contributed by atoms with Crippen LogP contribution in [0.4, 0.5) is 9.18 Å². The molecule has 7 nitrogen and oxygen atoms in total. The number of halogens is 1. The molecule has 2 fully saturated rings. The first-order valence-corrected chi connectivity index (χ1v) is 8.48. The van der Waals surface area contributed by atoms with Crippen LogP contribution in [-0.2, 0) is 9.59 Å². The Morgan fingerprint density at radius 3 is 2.31 bits per heavy atom. The highest BCUT2D eigenvalue weighted by atomic mass is 19.1. The molecule has 8 heteroatoms. The molecule has 3 rings (SSSR count). The number of aliphatic carboxylic acids is 1. The number of carboxylic acids is 1. The summed E-state index contributed by atoms with van der Waals surface area (Å²) in [5.74, 6) is -1.76. The summed E-state index contributed by atoms with van der Waals surface area (Å²) in [4.78, 5) is 40.8. The van der Waals surface area contributed by atoms with Crippen LogP contribution >= 0.6 is 0 Å². The van der Waals surface area contributed by atoms with E-state index in [0.717, 1.165) is 4.90 Å². The van der Waals surface area contributed by atoms with Crippen molar-refractivity contribution < 1.29 is 23.9 Å². The molecule has 1 aromatic rings. The van der Waals surface area contributed by atoms with E-state index in [4.69, 9.17) is 0 Å². The normalized spacial score (nSPS) is 21.5. The second-order valence-electron chi connectivity index (χ2n) is 7.02. The number of piperidine rings is 1. The molecule has 1 spiro atoms. The quantitative estimate of drug-likeness (QED) is 0.826. The monoisotopic (exact) mass is 363 g/mol. The first-order chi connectivity index (χ1) is 12.2. The Morgan fingerprint density at radius 2 is 1.85 bits per heavy atom. The number of carbonyl (C=O) groups excluding carboxylic acids is 2. The third-order valence-corrected chi connectivity index (χ3v) is 5.65. The molecule has 0 radical (unpaired) electrons. The zero-order valence-electron chi connectivity index (χ0n) is 15.0. The molecule has 0 bridgehead atoms. The average molecular weight is 363 g/mol. The van der Waals surface area contributed by atoms with Gasteiger partial charge in [0.05, 0.1) is 0 Å². The first kappa shape index (κ1) is 18.3. The van der Waals surface area contributed by atoms with Crippen LogP contribution in [0.25, 0.3) is 0 Å². The van der Waals surface area contributed by atoms with Crippen LogP contribution in [-0.4, -0.2) is 70.4 Å². The van der Waals surface area contributed by atoms with E-state index in [1.54, 1.807) is 31.0 Å². The number of amides is 3. The summed E-state index contributed by atoms with van der Waals surface area (Å²) >= 11 is 0. The van der Waals surface area contributed by atoms with Gasteiger partial charge in [0.2, 0.25) is 0 Å². The number of imide groups is 1. The Bertz CT molecular complexity index is 774. The van der Waals surface area contributed by atoms with E-state index < -0.39 is 23.4 Å². The van der Waals surface area contributed by atoms with E-state index in [-0.39, 0.29) is 11.9 Å². The molecule has 2 saturated heterocycles. The van der Waals surface area contributed by atoms with E-state index in [1.807, 2.05) is 0 Å². The number of likely N-dealkylation sites (tertiary alicyclic amines) is 1. The molecule has 0 aliphatic carbocycles. The van der Waals surface area contributed by atoms with E-state index in [2.05, 4.69) is 0 Å². The average Bonchev–Trinajstić information content (AvgIpc) is 2.76. The molecule has 26 heavy (non-hydrogen) atoms. The molecular weight excluding hydrogens is 341 g/mol. The topological polar surface area (TPSA) is 81.2 Å². The van der Waals surface area contributed by atoms with Crippen molar-refractivity contribution in [1.82, 2.24) is 14.7 Å². The van der Waals surface area contributed by atoms with Gasteiger partial charge in [-0.15, -0.1) is 0 Å². The van der Waals surface area contributed by atoms with Crippen molar-refractivity contribution in [3.63, 3.8) is 0 Å². The highest BCUT2D eigenvalue weighted by Gasteiger charge is 2.55. The highest BCUT2D eigenvalue weighted by Crippen LogP contribution is 2.38. The molecule has 1 unspecified atom stereocenters. The van der Waals surface area contributed by atoms with Crippen molar-refractivity contribution in [2.75, 3.05) is 27.2 Å². The number of likely N-dealkylation sites (N-methyl/N-ethyl adjacent to an activating group) is 2. The van der Waals surface area contributed by atoms with Gasteiger partial charge in [-0.05, 0) is 37.0 Å². The highest BCUT2D eigenvalue weighted by molar-refractivity contribution is 6.06. The summed E-state index contributed by atoms with van der Waals surface area (Å²) in [6, 6.07) is 3.10. The van der Waals surface area contributed by atoms with Gasteiger partial charge in [-0.25, -0.2) is 9.18 Å². The number of urea groups is 1. The van der Waals surface area contributed by atoms with Crippen LogP contribution in [0.2, 0.25) is 0 Å². The van der Waals surface area contributed by atoms with Crippen molar-refractivity contribution in [2.45, 2.75) is 31.3 Å². The summed E-state index contributed by atoms with van der Waals surface area (Å²) in [5.41, 5.74) is -0.0877. The fourth-order valence-electron chi connectivity index (χ4n) is 3.94. The molecule has 1 atom stereocenters. The predicted octanol–water partition coefficient (Wildman–Crippen LogP) is 1.62. The largest absolute Gasteiger partial charge is 0.480 e. The SMILES string of the molecule is Cc1ccc(C(C(=O)O)N2CCC3(CC2)C(=O)N(C)C(=O)N3C)cc1F. The van der Waals surface area contributed by atoms with Gasteiger partial charge < -0.3 is 10.0 Å². The lowest BCUT2D eigenvalue weighted by Gasteiger charge is -2.42. The molecule has 0 saturated carbocycles. The molecule has 3 amide bonds. The third-order valence-electron chi connectivity index (χ3n) is 5.65. The Labute approximate surface area is 151 Å². The molecule has 1 aromatic carbocycles. The van der Waals surface area contributed by atoms with Gasteiger partial charge in [-0.1, -0.05) is 12.1 Å². The van der Waals surface area contributed by atoms with Gasteiger partial charge in [0, 0.05) is 27.2 Å². The summed E-state index contributed by atoms with van der Waals surface area (Å²) < 4.78 is 13.9. The minimum absolute atomic E-state index is 0.252. The fourth-order valence-corrected chi connectivity index (χ4v) is 3.94. The number of carboxylic acid groups (broad SMARTS) is 1. The Hall–Kier alpha value is -2.48. The first-order valence-electron chi connectivity index (χ1n) is 8.48. The molecule has 1 N–H and O–H groups in total. The Kier molecular flexibility index (Phi) is 4.47. The molecule has 0 aromatic heterocycles. The lowest BCUT2D eigenvalue weighted by atomic mass is 9.85. The fraction of sp³-hybridized carbons (Fsp3) is 0.500. The summed E-state index contributed by atoms with van der Waals surface area (Å²) in [6.07, 6.45) is 0.688. The van der Waals surface area contributed by atoms with E-state index in [1.165, 1.54) is 18.0 Å². The molecule has 2 heterocycles. The lowest BCUT2D eigenvalue weighted by molar-refractivity contribution is -0.145. The van der Waals surface area contributed by atoms with Crippen LogP contribution < -0.4 is 0 Å². The smallest absolute Gasteiger partial charge is 0.327 e. The number of nitrogens with zero attached hydrogens (tertiary/aromatic N) is 3. The minimum atomic E-state index is -1.07. The third kappa shape index (κ3) is 2.65. The van der Waals surface area contributed by atoms with Gasteiger partial charge in [0.25, 0.3) is 5.91 Å². The van der Waals surface area contributed by atoms with Gasteiger partial charge >= 0.3 is 12.0 Å². The second kappa shape index (κ2) is 6.35. The Balaban J connectivity index is 1.83. The number of aryl methyl sites for hydroxylation is 1. The molecule has 2 aliphatic heterocycles. The zero-order chi connectivity index (χ0) is 19.2. The molecule has 140 valence electrons. The van der Waals surface area contributed by atoms with Crippen LogP contribution in [0.15, 0.2) is 18.2 Å². The van der Waals surface area contributed by atoms with Crippen LogP contribution in [0.1, 0.15) is 30.0 Å². The van der Waals surface area contributed by atoms with Crippen LogP contribution in [0.3, 0.4) is 0 Å². The maximum Gasteiger partial charge on any atom is 0.327 e. The number of carbonyl (C=O) groups is 3. The predicted molar refractivity (Wildman–Crippen MR) is 91.0 cm³/mol. The minimum Gasteiger partial charge on any atom is -0.480 e. The van der Waals surface area contributed by atoms with Crippen molar-refractivity contribution in [1.29, 1.82) is 0 Å². The number of hydrogen-bond acceptors (Lipinski definition) is 4.